The summed E-state index contributed by atoms with van der Waals surface area (Å²) in [6.07, 6.45) is 1.27. The number of nitriles is 1. The first-order valence-electron chi connectivity index (χ1n) is 9.32. The average molecular weight is 397 g/mol. The summed E-state index contributed by atoms with van der Waals surface area (Å²) in [7, 11) is 0. The van der Waals surface area contributed by atoms with Gasteiger partial charge in [0.15, 0.2) is 6.10 Å². The zero-order valence-corrected chi connectivity index (χ0v) is 17.0. The molecular weight excluding hydrogens is 373 g/mol. The van der Waals surface area contributed by atoms with E-state index in [0.29, 0.717) is 0 Å². The largest absolute Gasteiger partial charge is 0.448 e. The summed E-state index contributed by atoms with van der Waals surface area (Å²) in [5.74, 6) is -2.01. The first-order chi connectivity index (χ1) is 13.8. The molecule has 1 heterocycles. The molecule has 0 fully saturated rings. The van der Waals surface area contributed by atoms with Gasteiger partial charge in [0.25, 0.3) is 5.91 Å². The Hall–Kier alpha value is -3.40. The highest BCUT2D eigenvalue weighted by Gasteiger charge is 2.21. The van der Waals surface area contributed by atoms with E-state index in [2.05, 4.69) is 16.8 Å². The standard InChI is InChI=1S/C22H24FN3O3/c1-5-9-26-14(2)10-17(15(26)3)11-18(13-24)22(28)29-16(4)21(27)25-20-8-6-7-19(23)12-20/h6-8,10-12,16H,5,9H2,1-4H3,(H,25,27)/b18-11+. The predicted molar refractivity (Wildman–Crippen MR) is 108 cm³/mol. The number of carbonyl (C=O) groups is 2. The van der Waals surface area contributed by atoms with Crippen LogP contribution in [0.3, 0.4) is 0 Å². The third-order valence-corrected chi connectivity index (χ3v) is 4.45. The Kier molecular flexibility index (Phi) is 7.32. The smallest absolute Gasteiger partial charge is 0.349 e. The number of aryl methyl sites for hydroxylation is 1. The summed E-state index contributed by atoms with van der Waals surface area (Å²) in [5, 5.41) is 11.8. The van der Waals surface area contributed by atoms with E-state index in [1.54, 1.807) is 0 Å². The Morgan fingerprint density at radius 3 is 2.69 bits per heavy atom. The van der Waals surface area contributed by atoms with E-state index < -0.39 is 23.8 Å². The monoisotopic (exact) mass is 397 g/mol. The van der Waals surface area contributed by atoms with Gasteiger partial charge < -0.3 is 14.6 Å². The normalized spacial score (nSPS) is 12.2. The molecule has 1 N–H and O–H groups in total. The number of hydrogen-bond donors (Lipinski definition) is 1. The quantitative estimate of drug-likeness (QED) is 0.432. The number of esters is 1. The Morgan fingerprint density at radius 2 is 2.07 bits per heavy atom. The number of nitrogens with zero attached hydrogens (tertiary/aromatic N) is 2. The molecule has 0 radical (unpaired) electrons. The predicted octanol–water partition coefficient (Wildman–Crippen LogP) is 4.13. The van der Waals surface area contributed by atoms with Gasteiger partial charge in [0, 0.05) is 23.6 Å². The molecule has 152 valence electrons. The minimum Gasteiger partial charge on any atom is -0.448 e. The summed E-state index contributed by atoms with van der Waals surface area (Å²) in [6, 6.07) is 9.10. The summed E-state index contributed by atoms with van der Waals surface area (Å²) in [5.41, 5.74) is 2.77. The van der Waals surface area contributed by atoms with Gasteiger partial charge in [-0.3, -0.25) is 4.79 Å². The lowest BCUT2D eigenvalue weighted by atomic mass is 10.1. The average Bonchev–Trinajstić information content (AvgIpc) is 2.93. The molecule has 7 heteroatoms. The molecule has 0 aliphatic rings. The number of amides is 1. The molecule has 1 amide bonds. The van der Waals surface area contributed by atoms with Crippen LogP contribution in [-0.2, 0) is 20.9 Å². The van der Waals surface area contributed by atoms with Crippen molar-refractivity contribution in [1.29, 1.82) is 5.26 Å². The highest BCUT2D eigenvalue weighted by Crippen LogP contribution is 2.19. The van der Waals surface area contributed by atoms with Crippen molar-refractivity contribution in [2.75, 3.05) is 5.32 Å². The van der Waals surface area contributed by atoms with Crippen LogP contribution in [0.2, 0.25) is 0 Å². The SMILES string of the molecule is CCCn1c(C)cc(/C=C(\C#N)C(=O)OC(C)C(=O)Nc2cccc(F)c2)c1C. The lowest BCUT2D eigenvalue weighted by Gasteiger charge is -2.13. The van der Waals surface area contributed by atoms with E-state index in [9.17, 15) is 19.2 Å². The lowest BCUT2D eigenvalue weighted by molar-refractivity contribution is -0.148. The summed E-state index contributed by atoms with van der Waals surface area (Å²) >= 11 is 0. The van der Waals surface area contributed by atoms with Crippen molar-refractivity contribution in [1.82, 2.24) is 4.57 Å². The van der Waals surface area contributed by atoms with Crippen molar-refractivity contribution in [2.45, 2.75) is 46.8 Å². The molecule has 0 aliphatic carbocycles. The molecule has 2 rings (SSSR count). The van der Waals surface area contributed by atoms with Crippen LogP contribution < -0.4 is 5.32 Å². The van der Waals surface area contributed by atoms with E-state index in [0.717, 1.165) is 36.0 Å². The third-order valence-electron chi connectivity index (χ3n) is 4.45. The van der Waals surface area contributed by atoms with Gasteiger partial charge in [-0.25, -0.2) is 9.18 Å². The molecule has 6 nitrogen and oxygen atoms in total. The molecule has 0 saturated heterocycles. The fourth-order valence-corrected chi connectivity index (χ4v) is 2.92. The maximum Gasteiger partial charge on any atom is 0.349 e. The van der Waals surface area contributed by atoms with E-state index >= 15 is 0 Å². The van der Waals surface area contributed by atoms with Gasteiger partial charge in [0.1, 0.15) is 17.5 Å². The molecule has 0 bridgehead atoms. The van der Waals surface area contributed by atoms with Crippen molar-refractivity contribution >= 4 is 23.6 Å². The summed E-state index contributed by atoms with van der Waals surface area (Å²) in [6.45, 7) is 8.18. The van der Waals surface area contributed by atoms with Gasteiger partial charge in [-0.2, -0.15) is 5.26 Å². The minimum absolute atomic E-state index is 0.202. The van der Waals surface area contributed by atoms with Crippen molar-refractivity contribution < 1.29 is 18.7 Å². The number of halogens is 1. The Bertz CT molecular complexity index is 986. The second-order valence-corrected chi connectivity index (χ2v) is 6.70. The van der Waals surface area contributed by atoms with Crippen LogP contribution in [-0.4, -0.2) is 22.5 Å². The maximum atomic E-state index is 13.2. The molecule has 2 aromatic rings. The molecule has 1 atom stereocenters. The number of benzene rings is 1. The highest BCUT2D eigenvalue weighted by molar-refractivity contribution is 6.01. The number of ether oxygens (including phenoxy) is 1. The molecule has 0 spiro atoms. The van der Waals surface area contributed by atoms with Gasteiger partial charge in [-0.15, -0.1) is 0 Å². The summed E-state index contributed by atoms with van der Waals surface area (Å²) in [4.78, 5) is 24.6. The fraction of sp³-hybridized carbons (Fsp3) is 0.318. The van der Waals surface area contributed by atoms with Crippen molar-refractivity contribution in [2.24, 2.45) is 0 Å². The van der Waals surface area contributed by atoms with Gasteiger partial charge in [0.2, 0.25) is 0 Å². The van der Waals surface area contributed by atoms with Crippen LogP contribution in [0, 0.1) is 31.0 Å². The van der Waals surface area contributed by atoms with Crippen molar-refractivity contribution in [3.05, 3.63) is 58.7 Å². The van der Waals surface area contributed by atoms with Crippen LogP contribution in [0.25, 0.3) is 6.08 Å². The second-order valence-electron chi connectivity index (χ2n) is 6.70. The molecule has 1 aromatic carbocycles. The maximum absolute atomic E-state index is 13.2. The zero-order chi connectivity index (χ0) is 21.6. The third kappa shape index (κ3) is 5.55. The first-order valence-corrected chi connectivity index (χ1v) is 9.32. The van der Waals surface area contributed by atoms with E-state index in [4.69, 9.17) is 4.74 Å². The van der Waals surface area contributed by atoms with Crippen LogP contribution in [0.5, 0.6) is 0 Å². The molecule has 1 aromatic heterocycles. The zero-order valence-electron chi connectivity index (χ0n) is 17.0. The number of nitrogens with one attached hydrogen (secondary N) is 1. The van der Waals surface area contributed by atoms with E-state index in [-0.39, 0.29) is 11.3 Å². The van der Waals surface area contributed by atoms with Gasteiger partial charge >= 0.3 is 5.97 Å². The van der Waals surface area contributed by atoms with Crippen LogP contribution in [0.1, 0.15) is 37.2 Å². The molecular formula is C22H24FN3O3. The Morgan fingerprint density at radius 1 is 1.34 bits per heavy atom. The second kappa shape index (κ2) is 9.69. The van der Waals surface area contributed by atoms with Crippen LogP contribution >= 0.6 is 0 Å². The molecule has 1 unspecified atom stereocenters. The first kappa shape index (κ1) is 21.9. The number of anilines is 1. The topological polar surface area (TPSA) is 84.1 Å². The number of hydrogen-bond acceptors (Lipinski definition) is 4. The Balaban J connectivity index is 2.11. The van der Waals surface area contributed by atoms with Gasteiger partial charge in [0.05, 0.1) is 0 Å². The number of aromatic nitrogens is 1. The van der Waals surface area contributed by atoms with Crippen molar-refractivity contribution in [3.63, 3.8) is 0 Å². The lowest BCUT2D eigenvalue weighted by Crippen LogP contribution is -2.30. The highest BCUT2D eigenvalue weighted by atomic mass is 19.1. The summed E-state index contributed by atoms with van der Waals surface area (Å²) < 4.78 is 20.5. The number of carbonyl (C=O) groups excluding carboxylic acids is 2. The van der Waals surface area contributed by atoms with Crippen LogP contribution in [0.4, 0.5) is 10.1 Å². The molecule has 0 saturated carbocycles. The van der Waals surface area contributed by atoms with Crippen molar-refractivity contribution in [3.8, 4) is 6.07 Å². The van der Waals surface area contributed by atoms with Crippen LogP contribution in [0.15, 0.2) is 35.9 Å². The fourth-order valence-electron chi connectivity index (χ4n) is 2.92. The minimum atomic E-state index is -1.16. The molecule has 0 aliphatic heterocycles. The Labute approximate surface area is 169 Å². The number of rotatable bonds is 7. The van der Waals surface area contributed by atoms with E-state index in [1.807, 2.05) is 26.0 Å². The van der Waals surface area contributed by atoms with Gasteiger partial charge in [-0.05, 0) is 63.1 Å². The van der Waals surface area contributed by atoms with E-state index in [1.165, 1.54) is 31.2 Å². The van der Waals surface area contributed by atoms with Gasteiger partial charge in [-0.1, -0.05) is 13.0 Å². The molecule has 29 heavy (non-hydrogen) atoms.